The number of carboxylic acid groups (broad SMARTS) is 1. The number of carbonyl (C=O) groups is 1. The van der Waals surface area contributed by atoms with Crippen molar-refractivity contribution in [1.29, 1.82) is 0 Å². The van der Waals surface area contributed by atoms with Gasteiger partial charge in [-0.2, -0.15) is 0 Å². The zero-order valence-electron chi connectivity index (χ0n) is 8.33. The monoisotopic (exact) mass is 226 g/mol. The fourth-order valence-electron chi connectivity index (χ4n) is 1.73. The lowest BCUT2D eigenvalue weighted by atomic mass is 9.70. The standard InChI is InChI=1S/C10H11ClN2O2/c1-10(3-2-4-10)9-12-6(8(14)15)5-7(11)13-9/h5H,2-4H2,1H3,(H,14,15). The molecule has 1 N–H and O–H groups in total. The number of aromatic nitrogens is 2. The predicted octanol–water partition coefficient (Wildman–Crippen LogP) is 2.27. The Hall–Kier alpha value is -1.16. The Bertz CT molecular complexity index is 416. The van der Waals surface area contributed by atoms with Gasteiger partial charge in [-0.1, -0.05) is 24.9 Å². The first-order valence-electron chi connectivity index (χ1n) is 4.80. The summed E-state index contributed by atoms with van der Waals surface area (Å²) in [6.07, 6.45) is 3.12. The number of halogens is 1. The van der Waals surface area contributed by atoms with E-state index in [0.29, 0.717) is 5.82 Å². The van der Waals surface area contributed by atoms with E-state index in [9.17, 15) is 4.79 Å². The van der Waals surface area contributed by atoms with Crippen LogP contribution in [0.2, 0.25) is 5.15 Å². The van der Waals surface area contributed by atoms with Crippen LogP contribution in [-0.4, -0.2) is 21.0 Å². The zero-order chi connectivity index (χ0) is 11.1. The molecule has 1 aromatic rings. The summed E-state index contributed by atoms with van der Waals surface area (Å²) in [4.78, 5) is 18.9. The summed E-state index contributed by atoms with van der Waals surface area (Å²) in [6, 6.07) is 1.27. The van der Waals surface area contributed by atoms with Gasteiger partial charge in [-0.25, -0.2) is 14.8 Å². The van der Waals surface area contributed by atoms with Crippen molar-refractivity contribution in [3.63, 3.8) is 0 Å². The summed E-state index contributed by atoms with van der Waals surface area (Å²) >= 11 is 5.77. The molecule has 0 bridgehead atoms. The van der Waals surface area contributed by atoms with E-state index in [1.807, 2.05) is 6.92 Å². The molecule has 0 saturated heterocycles. The Labute approximate surface area is 92.3 Å². The molecule has 1 saturated carbocycles. The molecule has 15 heavy (non-hydrogen) atoms. The second kappa shape index (κ2) is 3.45. The van der Waals surface area contributed by atoms with Gasteiger partial charge >= 0.3 is 5.97 Å². The summed E-state index contributed by atoms with van der Waals surface area (Å²) in [5, 5.41) is 9.04. The maximum Gasteiger partial charge on any atom is 0.354 e. The normalized spacial score (nSPS) is 18.3. The molecule has 1 fully saturated rings. The van der Waals surface area contributed by atoms with Gasteiger partial charge in [0.05, 0.1) is 0 Å². The average Bonchev–Trinajstić information content (AvgIpc) is 2.13. The maximum absolute atomic E-state index is 10.8. The lowest BCUT2D eigenvalue weighted by molar-refractivity contribution is 0.0689. The molecular weight excluding hydrogens is 216 g/mol. The van der Waals surface area contributed by atoms with Crippen molar-refractivity contribution in [2.24, 2.45) is 0 Å². The summed E-state index contributed by atoms with van der Waals surface area (Å²) < 4.78 is 0. The molecule has 0 unspecified atom stereocenters. The van der Waals surface area contributed by atoms with Gasteiger partial charge in [0.2, 0.25) is 0 Å². The lowest BCUT2D eigenvalue weighted by Crippen LogP contribution is -2.33. The van der Waals surface area contributed by atoms with Crippen molar-refractivity contribution in [3.8, 4) is 0 Å². The van der Waals surface area contributed by atoms with E-state index in [2.05, 4.69) is 9.97 Å². The van der Waals surface area contributed by atoms with Crippen LogP contribution in [0.3, 0.4) is 0 Å². The summed E-state index contributed by atoms with van der Waals surface area (Å²) in [6.45, 7) is 2.04. The van der Waals surface area contributed by atoms with Crippen LogP contribution in [0.1, 0.15) is 42.5 Å². The molecule has 4 nitrogen and oxygen atoms in total. The first kappa shape index (κ1) is 10.4. The second-order valence-corrected chi connectivity index (χ2v) is 4.51. The maximum atomic E-state index is 10.8. The lowest BCUT2D eigenvalue weighted by Gasteiger charge is -2.36. The first-order chi connectivity index (χ1) is 7.01. The van der Waals surface area contributed by atoms with E-state index in [1.165, 1.54) is 6.07 Å². The van der Waals surface area contributed by atoms with Crippen LogP contribution in [-0.2, 0) is 5.41 Å². The quantitative estimate of drug-likeness (QED) is 0.786. The number of hydrogen-bond acceptors (Lipinski definition) is 3. The fourth-order valence-corrected chi connectivity index (χ4v) is 1.91. The SMILES string of the molecule is CC1(c2nc(Cl)cc(C(=O)O)n2)CCC1. The smallest absolute Gasteiger partial charge is 0.354 e. The van der Waals surface area contributed by atoms with Crippen LogP contribution in [0.5, 0.6) is 0 Å². The first-order valence-corrected chi connectivity index (χ1v) is 5.17. The van der Waals surface area contributed by atoms with E-state index in [0.717, 1.165) is 19.3 Å². The molecule has 0 radical (unpaired) electrons. The molecule has 1 aromatic heterocycles. The van der Waals surface area contributed by atoms with Crippen LogP contribution >= 0.6 is 11.6 Å². The minimum Gasteiger partial charge on any atom is -0.477 e. The molecule has 0 amide bonds. The highest BCUT2D eigenvalue weighted by molar-refractivity contribution is 6.29. The van der Waals surface area contributed by atoms with E-state index in [4.69, 9.17) is 16.7 Å². The molecule has 5 heteroatoms. The van der Waals surface area contributed by atoms with Gasteiger partial charge in [0, 0.05) is 11.5 Å². The summed E-state index contributed by atoms with van der Waals surface area (Å²) in [5.41, 5.74) is -0.118. The van der Waals surface area contributed by atoms with Crippen LogP contribution < -0.4 is 0 Å². The van der Waals surface area contributed by atoms with Gasteiger partial charge in [-0.15, -0.1) is 0 Å². The van der Waals surface area contributed by atoms with Gasteiger partial charge in [0.15, 0.2) is 5.69 Å². The molecule has 0 aliphatic heterocycles. The van der Waals surface area contributed by atoms with Gasteiger partial charge in [-0.05, 0) is 12.8 Å². The Balaban J connectivity index is 2.44. The highest BCUT2D eigenvalue weighted by atomic mass is 35.5. The molecule has 0 spiro atoms. The molecule has 0 aromatic carbocycles. The number of rotatable bonds is 2. The minimum absolute atomic E-state index is 0.0295. The van der Waals surface area contributed by atoms with Crippen molar-refractivity contribution in [1.82, 2.24) is 9.97 Å². The minimum atomic E-state index is -1.07. The third-order valence-corrected chi connectivity index (χ3v) is 3.10. The molecule has 1 heterocycles. The van der Waals surface area contributed by atoms with Gasteiger partial charge in [-0.3, -0.25) is 0 Å². The highest BCUT2D eigenvalue weighted by Gasteiger charge is 2.37. The van der Waals surface area contributed by atoms with Crippen molar-refractivity contribution >= 4 is 17.6 Å². The number of aromatic carboxylic acids is 1. The Morgan fingerprint density at radius 2 is 2.20 bits per heavy atom. The fraction of sp³-hybridized carbons (Fsp3) is 0.500. The van der Waals surface area contributed by atoms with Crippen LogP contribution in [0.4, 0.5) is 0 Å². The third-order valence-electron chi connectivity index (χ3n) is 2.91. The highest BCUT2D eigenvalue weighted by Crippen LogP contribution is 2.41. The van der Waals surface area contributed by atoms with Crippen molar-refractivity contribution in [2.75, 3.05) is 0 Å². The summed E-state index contributed by atoms with van der Waals surface area (Å²) in [7, 11) is 0. The topological polar surface area (TPSA) is 63.1 Å². The van der Waals surface area contributed by atoms with Gasteiger partial charge in [0.25, 0.3) is 0 Å². The zero-order valence-corrected chi connectivity index (χ0v) is 9.08. The van der Waals surface area contributed by atoms with Crippen molar-refractivity contribution in [2.45, 2.75) is 31.6 Å². The number of hydrogen-bond donors (Lipinski definition) is 1. The van der Waals surface area contributed by atoms with Crippen LogP contribution in [0.15, 0.2) is 6.07 Å². The third kappa shape index (κ3) is 1.81. The van der Waals surface area contributed by atoms with Crippen LogP contribution in [0.25, 0.3) is 0 Å². The Morgan fingerprint density at radius 3 is 2.67 bits per heavy atom. The van der Waals surface area contributed by atoms with Gasteiger partial charge in [0.1, 0.15) is 11.0 Å². The molecule has 1 aliphatic carbocycles. The predicted molar refractivity (Wildman–Crippen MR) is 55.2 cm³/mol. The van der Waals surface area contributed by atoms with E-state index in [-0.39, 0.29) is 16.3 Å². The molecular formula is C10H11ClN2O2. The largest absolute Gasteiger partial charge is 0.477 e. The molecule has 2 rings (SSSR count). The van der Waals surface area contributed by atoms with Crippen molar-refractivity contribution < 1.29 is 9.90 Å². The molecule has 1 aliphatic rings. The van der Waals surface area contributed by atoms with E-state index in [1.54, 1.807) is 0 Å². The average molecular weight is 227 g/mol. The van der Waals surface area contributed by atoms with E-state index < -0.39 is 5.97 Å². The van der Waals surface area contributed by atoms with Gasteiger partial charge < -0.3 is 5.11 Å². The molecule has 80 valence electrons. The van der Waals surface area contributed by atoms with Crippen molar-refractivity contribution in [3.05, 3.63) is 22.7 Å². The summed E-state index contributed by atoms with van der Waals surface area (Å²) in [5.74, 6) is -0.512. The van der Waals surface area contributed by atoms with E-state index >= 15 is 0 Å². The number of carboxylic acids is 1. The molecule has 0 atom stereocenters. The Kier molecular flexibility index (Phi) is 2.38. The number of nitrogens with zero attached hydrogens (tertiary/aromatic N) is 2. The Morgan fingerprint density at radius 1 is 1.53 bits per heavy atom. The second-order valence-electron chi connectivity index (χ2n) is 4.12. The van der Waals surface area contributed by atoms with Crippen LogP contribution in [0, 0.1) is 0 Å².